The predicted molar refractivity (Wildman–Crippen MR) is 136 cm³/mol. The van der Waals surface area contributed by atoms with E-state index in [0.717, 1.165) is 17.1 Å². The van der Waals surface area contributed by atoms with Crippen LogP contribution in [0.4, 0.5) is 23.0 Å². The van der Waals surface area contributed by atoms with E-state index in [1.54, 1.807) is 72.8 Å². The van der Waals surface area contributed by atoms with Gasteiger partial charge in [-0.3, -0.25) is 9.91 Å². The summed E-state index contributed by atoms with van der Waals surface area (Å²) in [4.78, 5) is 10.7. The van der Waals surface area contributed by atoms with Gasteiger partial charge in [-0.2, -0.15) is 0 Å². The maximum atomic E-state index is 9.81. The zero-order valence-electron chi connectivity index (χ0n) is 19.0. The smallest absolute Gasteiger partial charge is 0.152 e. The lowest BCUT2D eigenvalue weighted by atomic mass is 10.2. The molecule has 0 bridgehead atoms. The summed E-state index contributed by atoms with van der Waals surface area (Å²) >= 11 is 0. The van der Waals surface area contributed by atoms with Crippen LogP contribution in [0.15, 0.2) is 109 Å². The maximum Gasteiger partial charge on any atom is 0.152 e. The third-order valence-corrected chi connectivity index (χ3v) is 5.53. The third kappa shape index (κ3) is 4.71. The van der Waals surface area contributed by atoms with E-state index in [-0.39, 0.29) is 23.0 Å². The average molecular weight is 482 g/mol. The predicted octanol–water partition coefficient (Wildman–Crippen LogP) is 4.90. The molecule has 36 heavy (non-hydrogen) atoms. The van der Waals surface area contributed by atoms with Gasteiger partial charge in [0, 0.05) is 17.6 Å². The van der Waals surface area contributed by atoms with Gasteiger partial charge in [0.05, 0.1) is 24.6 Å². The number of phenols is 2. The second-order valence-electron chi connectivity index (χ2n) is 8.03. The number of anilines is 4. The molecule has 0 aliphatic carbocycles. The highest BCUT2D eigenvalue weighted by molar-refractivity contribution is 5.68. The molecule has 180 valence electrons. The molecule has 0 amide bonds. The first-order valence-corrected chi connectivity index (χ1v) is 11.1. The molecule has 0 saturated heterocycles. The van der Waals surface area contributed by atoms with Gasteiger partial charge in [0.1, 0.15) is 28.8 Å². The quantitative estimate of drug-likeness (QED) is 0.305. The number of nitrogens with zero attached hydrogens (tertiary/aromatic N) is 5. The second kappa shape index (κ2) is 9.59. The summed E-state index contributed by atoms with van der Waals surface area (Å²) in [6.45, 7) is 0.392. The lowest BCUT2D eigenvalue weighted by molar-refractivity contribution is 0.403. The van der Waals surface area contributed by atoms with Crippen LogP contribution < -0.4 is 9.91 Å². The van der Waals surface area contributed by atoms with E-state index < -0.39 is 0 Å². The molecule has 3 heterocycles. The number of phenolic OH excluding ortho intramolecular Hbond substituents is 2. The summed E-state index contributed by atoms with van der Waals surface area (Å²) in [5.74, 6) is 1.54. The Bertz CT molecular complexity index is 1300. The van der Waals surface area contributed by atoms with E-state index in [1.165, 1.54) is 12.4 Å². The van der Waals surface area contributed by atoms with Crippen molar-refractivity contribution in [3.8, 4) is 23.0 Å². The standard InChI is InChI=1S/C27H23N5O4/c33-22-7-3-19(4-8-22)31(26-13-11-24(35)16-28-26)21-2-1-15-30(18-21)32(20-5-9-23(34)10-6-20)27-14-12-25(36)17-29-27/h1-17,33-36H,18H2. The summed E-state index contributed by atoms with van der Waals surface area (Å²) in [7, 11) is 0. The largest absolute Gasteiger partial charge is 0.508 e. The molecule has 0 atom stereocenters. The van der Waals surface area contributed by atoms with Crippen molar-refractivity contribution in [1.82, 2.24) is 15.0 Å². The highest BCUT2D eigenvalue weighted by Crippen LogP contribution is 2.34. The molecular weight excluding hydrogens is 458 g/mol. The fourth-order valence-electron chi connectivity index (χ4n) is 3.87. The molecule has 0 spiro atoms. The first-order valence-electron chi connectivity index (χ1n) is 11.1. The Labute approximate surface area is 207 Å². The molecule has 0 saturated carbocycles. The summed E-state index contributed by atoms with van der Waals surface area (Å²) in [5, 5.41) is 42.9. The molecule has 1 aliphatic rings. The van der Waals surface area contributed by atoms with Crippen LogP contribution in [0.1, 0.15) is 0 Å². The lowest BCUT2D eigenvalue weighted by Gasteiger charge is -2.39. The Morgan fingerprint density at radius 3 is 1.69 bits per heavy atom. The molecule has 9 nitrogen and oxygen atoms in total. The van der Waals surface area contributed by atoms with Crippen LogP contribution >= 0.6 is 0 Å². The number of aromatic nitrogens is 2. The molecule has 0 unspecified atom stereocenters. The van der Waals surface area contributed by atoms with Crippen molar-refractivity contribution in [2.24, 2.45) is 0 Å². The third-order valence-electron chi connectivity index (χ3n) is 5.53. The Kier molecular flexibility index (Phi) is 6.02. The van der Waals surface area contributed by atoms with Gasteiger partial charge in [-0.1, -0.05) is 0 Å². The highest BCUT2D eigenvalue weighted by Gasteiger charge is 2.24. The number of hydrogen-bond acceptors (Lipinski definition) is 9. The lowest BCUT2D eigenvalue weighted by Crippen LogP contribution is -2.40. The van der Waals surface area contributed by atoms with E-state index in [0.29, 0.717) is 18.2 Å². The summed E-state index contributed by atoms with van der Waals surface area (Å²) in [6, 6.07) is 20.0. The van der Waals surface area contributed by atoms with Crippen molar-refractivity contribution >= 4 is 23.0 Å². The van der Waals surface area contributed by atoms with E-state index in [2.05, 4.69) is 9.97 Å². The van der Waals surface area contributed by atoms with Crippen molar-refractivity contribution in [2.45, 2.75) is 0 Å². The minimum absolute atomic E-state index is 0.0519. The van der Waals surface area contributed by atoms with Gasteiger partial charge >= 0.3 is 0 Å². The van der Waals surface area contributed by atoms with Crippen molar-refractivity contribution in [1.29, 1.82) is 0 Å². The zero-order chi connectivity index (χ0) is 25.1. The van der Waals surface area contributed by atoms with Gasteiger partial charge in [0.15, 0.2) is 5.82 Å². The minimum atomic E-state index is 0.0519. The van der Waals surface area contributed by atoms with Gasteiger partial charge in [0.2, 0.25) is 0 Å². The zero-order valence-corrected chi connectivity index (χ0v) is 19.0. The monoisotopic (exact) mass is 481 g/mol. The number of benzene rings is 2. The SMILES string of the molecule is Oc1ccc(N(C2=CC=CN(N(c3ccc(O)cc3)c3ccc(O)cn3)C2)c2ccc(O)cn2)cc1. The van der Waals surface area contributed by atoms with Crippen LogP contribution in [0.25, 0.3) is 0 Å². The second-order valence-corrected chi connectivity index (χ2v) is 8.03. The molecule has 0 radical (unpaired) electrons. The average Bonchev–Trinajstić information content (AvgIpc) is 2.89. The fraction of sp³-hybridized carbons (Fsp3) is 0.0370. The van der Waals surface area contributed by atoms with Gasteiger partial charge in [-0.25, -0.2) is 15.0 Å². The van der Waals surface area contributed by atoms with Gasteiger partial charge in [0.25, 0.3) is 0 Å². The number of allylic oxidation sites excluding steroid dienone is 2. The fourth-order valence-corrected chi connectivity index (χ4v) is 3.87. The number of pyridine rings is 2. The van der Waals surface area contributed by atoms with E-state index in [4.69, 9.17) is 0 Å². The molecule has 5 rings (SSSR count). The van der Waals surface area contributed by atoms with Crippen LogP contribution in [0.3, 0.4) is 0 Å². The van der Waals surface area contributed by atoms with Crippen LogP contribution in [0.2, 0.25) is 0 Å². The Morgan fingerprint density at radius 1 is 0.611 bits per heavy atom. The number of rotatable bonds is 6. The molecule has 9 heteroatoms. The summed E-state index contributed by atoms with van der Waals surface area (Å²) in [5.41, 5.74) is 2.37. The maximum absolute atomic E-state index is 9.81. The van der Waals surface area contributed by atoms with Crippen molar-refractivity contribution in [2.75, 3.05) is 16.5 Å². The summed E-state index contributed by atoms with van der Waals surface area (Å²) in [6.07, 6.45) is 8.49. The van der Waals surface area contributed by atoms with E-state index >= 15 is 0 Å². The van der Waals surface area contributed by atoms with Crippen molar-refractivity contribution in [3.05, 3.63) is 109 Å². The first kappa shape index (κ1) is 22.6. The Balaban J connectivity index is 1.54. The van der Waals surface area contributed by atoms with Gasteiger partial charge < -0.3 is 20.4 Å². The van der Waals surface area contributed by atoms with Crippen LogP contribution in [-0.2, 0) is 0 Å². The molecular formula is C27H23N5O4. The number of hydrazine groups is 1. The van der Waals surface area contributed by atoms with Gasteiger partial charge in [-0.15, -0.1) is 0 Å². The van der Waals surface area contributed by atoms with Crippen LogP contribution in [0.5, 0.6) is 23.0 Å². The van der Waals surface area contributed by atoms with Crippen molar-refractivity contribution in [3.63, 3.8) is 0 Å². The normalized spacial score (nSPS) is 12.8. The Morgan fingerprint density at radius 2 is 1.14 bits per heavy atom. The van der Waals surface area contributed by atoms with E-state index in [9.17, 15) is 20.4 Å². The molecule has 2 aromatic heterocycles. The van der Waals surface area contributed by atoms with Crippen LogP contribution in [0, 0.1) is 0 Å². The van der Waals surface area contributed by atoms with Gasteiger partial charge in [-0.05, 0) is 84.9 Å². The molecule has 1 aliphatic heterocycles. The molecule has 4 aromatic rings. The molecule has 0 fully saturated rings. The Hall–Kier alpha value is -5.18. The number of hydrogen-bond donors (Lipinski definition) is 4. The summed E-state index contributed by atoms with van der Waals surface area (Å²) < 4.78 is 0. The highest BCUT2D eigenvalue weighted by atomic mass is 16.3. The molecule has 4 N–H and O–H groups in total. The van der Waals surface area contributed by atoms with Crippen LogP contribution in [-0.4, -0.2) is 41.9 Å². The first-order chi connectivity index (χ1) is 17.5. The van der Waals surface area contributed by atoms with Crippen molar-refractivity contribution < 1.29 is 20.4 Å². The molecule has 2 aromatic carbocycles. The minimum Gasteiger partial charge on any atom is -0.508 e. The number of aromatic hydroxyl groups is 4. The topological polar surface area (TPSA) is 116 Å². The van der Waals surface area contributed by atoms with E-state index in [1.807, 2.05) is 33.3 Å².